The van der Waals surface area contributed by atoms with Crippen LogP contribution in [0.1, 0.15) is 25.7 Å². The van der Waals surface area contributed by atoms with Crippen molar-refractivity contribution in [3.63, 3.8) is 0 Å². The minimum absolute atomic E-state index is 0. The highest BCUT2D eigenvalue weighted by Crippen LogP contribution is 2.23. The lowest BCUT2D eigenvalue weighted by Gasteiger charge is -2.21. The third kappa shape index (κ3) is 3.92. The van der Waals surface area contributed by atoms with Crippen LogP contribution in [0.2, 0.25) is 0 Å². The van der Waals surface area contributed by atoms with E-state index in [2.05, 4.69) is 17.1 Å². The van der Waals surface area contributed by atoms with Crippen LogP contribution in [-0.2, 0) is 11.2 Å². The molecule has 2 aromatic rings. The summed E-state index contributed by atoms with van der Waals surface area (Å²) >= 11 is 0. The average Bonchev–Trinajstić information content (AvgIpc) is 3.24. The fourth-order valence-corrected chi connectivity index (χ4v) is 2.88. The molecule has 1 saturated heterocycles. The van der Waals surface area contributed by atoms with Gasteiger partial charge in [-0.1, -0.05) is 5.16 Å². The third-order valence-corrected chi connectivity index (χ3v) is 4.08. The first-order valence-electron chi connectivity index (χ1n) is 7.53. The van der Waals surface area contributed by atoms with E-state index in [1.165, 1.54) is 0 Å². The number of rotatable bonds is 5. The molecule has 1 fully saturated rings. The highest BCUT2D eigenvalue weighted by Gasteiger charge is 2.31. The van der Waals surface area contributed by atoms with Crippen molar-refractivity contribution in [3.8, 4) is 11.6 Å². The fourth-order valence-electron chi connectivity index (χ4n) is 2.88. The predicted molar refractivity (Wildman–Crippen MR) is 85.9 cm³/mol. The van der Waals surface area contributed by atoms with E-state index in [0.29, 0.717) is 42.8 Å². The molecule has 8 heteroatoms. The topological polar surface area (TPSA) is 98.4 Å². The molecule has 0 spiro atoms. The molecule has 0 saturated carbocycles. The number of carbonyl (C=O) groups is 1. The zero-order chi connectivity index (χ0) is 15.5. The number of nitrogens with two attached hydrogens (primary N) is 1. The van der Waals surface area contributed by atoms with Crippen LogP contribution < -0.4 is 5.73 Å². The van der Waals surface area contributed by atoms with Gasteiger partial charge in [-0.15, -0.1) is 12.4 Å². The second-order valence-electron chi connectivity index (χ2n) is 5.72. The lowest BCUT2D eigenvalue weighted by molar-refractivity contribution is -0.131. The normalized spacial score (nSPS) is 20.5. The van der Waals surface area contributed by atoms with Gasteiger partial charge < -0.3 is 19.6 Å². The van der Waals surface area contributed by atoms with E-state index in [0.717, 1.165) is 13.0 Å². The van der Waals surface area contributed by atoms with Gasteiger partial charge in [0.2, 0.25) is 17.6 Å². The Morgan fingerprint density at radius 3 is 3.00 bits per heavy atom. The molecule has 7 nitrogen and oxygen atoms in total. The number of carbonyl (C=O) groups excluding carboxylic acids is 1. The fraction of sp³-hybridized carbons (Fsp3) is 0.533. The quantitative estimate of drug-likeness (QED) is 0.892. The minimum atomic E-state index is 0. The van der Waals surface area contributed by atoms with Crippen LogP contribution in [-0.4, -0.2) is 40.1 Å². The lowest BCUT2D eigenvalue weighted by Crippen LogP contribution is -2.34. The number of nitrogens with zero attached hydrogens (tertiary/aromatic N) is 3. The Kier molecular flexibility index (Phi) is 5.79. The number of furan rings is 1. The Hall–Kier alpha value is -1.86. The van der Waals surface area contributed by atoms with Crippen LogP contribution in [0.25, 0.3) is 11.6 Å². The predicted octanol–water partition coefficient (Wildman–Crippen LogP) is 1.88. The van der Waals surface area contributed by atoms with Gasteiger partial charge in [0.25, 0.3) is 0 Å². The molecule has 0 aliphatic carbocycles. The molecule has 2 aromatic heterocycles. The van der Waals surface area contributed by atoms with Crippen LogP contribution in [0.15, 0.2) is 27.3 Å². The molecular weight excluding hydrogens is 320 g/mol. The van der Waals surface area contributed by atoms with Crippen LogP contribution in [0.3, 0.4) is 0 Å². The highest BCUT2D eigenvalue weighted by atomic mass is 35.5. The number of hydrogen-bond acceptors (Lipinski definition) is 6. The molecule has 126 valence electrons. The number of aromatic nitrogens is 2. The summed E-state index contributed by atoms with van der Waals surface area (Å²) in [4.78, 5) is 18.4. The number of amides is 1. The van der Waals surface area contributed by atoms with Gasteiger partial charge in [-0.25, -0.2) is 0 Å². The molecule has 0 aromatic carbocycles. The van der Waals surface area contributed by atoms with E-state index in [-0.39, 0.29) is 24.4 Å². The van der Waals surface area contributed by atoms with Gasteiger partial charge in [0, 0.05) is 25.4 Å². The zero-order valence-electron chi connectivity index (χ0n) is 13.0. The van der Waals surface area contributed by atoms with Crippen molar-refractivity contribution in [2.24, 2.45) is 11.7 Å². The molecule has 1 aliphatic rings. The Balaban J connectivity index is 0.00000192. The van der Waals surface area contributed by atoms with Crippen molar-refractivity contribution in [1.82, 2.24) is 15.0 Å². The maximum Gasteiger partial charge on any atom is 0.238 e. The molecule has 2 atom stereocenters. The molecule has 1 amide bonds. The summed E-state index contributed by atoms with van der Waals surface area (Å²) in [7, 11) is 0. The summed E-state index contributed by atoms with van der Waals surface area (Å²) in [5, 5.41) is 3.85. The molecule has 3 heterocycles. The SMILES string of the molecule is CC1CC(CN)CN1C(=O)CCc1nc(-c2ccco2)no1.Cl. The standard InChI is InChI=1S/C15H20N4O3.ClH/c1-10-7-11(8-16)9-19(10)14(20)5-4-13-17-15(18-22-13)12-3-2-6-21-12;/h2-3,6,10-11H,4-5,7-9,16H2,1H3;1H. The summed E-state index contributed by atoms with van der Waals surface area (Å²) in [6.45, 7) is 3.44. The molecule has 1 aliphatic heterocycles. The zero-order valence-corrected chi connectivity index (χ0v) is 13.8. The maximum absolute atomic E-state index is 12.3. The summed E-state index contributed by atoms with van der Waals surface area (Å²) in [6, 6.07) is 3.78. The second-order valence-corrected chi connectivity index (χ2v) is 5.72. The van der Waals surface area contributed by atoms with E-state index in [1.54, 1.807) is 18.4 Å². The van der Waals surface area contributed by atoms with Crippen molar-refractivity contribution >= 4 is 18.3 Å². The summed E-state index contributed by atoms with van der Waals surface area (Å²) in [5.41, 5.74) is 5.69. The van der Waals surface area contributed by atoms with Crippen LogP contribution >= 0.6 is 12.4 Å². The van der Waals surface area contributed by atoms with E-state index in [9.17, 15) is 4.79 Å². The maximum atomic E-state index is 12.3. The number of aryl methyl sites for hydroxylation is 1. The largest absolute Gasteiger partial charge is 0.461 e. The van der Waals surface area contributed by atoms with E-state index in [4.69, 9.17) is 14.7 Å². The Morgan fingerprint density at radius 2 is 2.35 bits per heavy atom. The number of likely N-dealkylation sites (tertiary alicyclic amines) is 1. The van der Waals surface area contributed by atoms with Gasteiger partial charge in [0.1, 0.15) is 0 Å². The highest BCUT2D eigenvalue weighted by molar-refractivity contribution is 5.85. The van der Waals surface area contributed by atoms with Crippen molar-refractivity contribution in [2.75, 3.05) is 13.1 Å². The van der Waals surface area contributed by atoms with E-state index < -0.39 is 0 Å². The monoisotopic (exact) mass is 340 g/mol. The molecule has 3 rings (SSSR count). The van der Waals surface area contributed by atoms with Gasteiger partial charge in [-0.05, 0) is 37.9 Å². The Labute approximate surface area is 140 Å². The van der Waals surface area contributed by atoms with Gasteiger partial charge in [-0.3, -0.25) is 4.79 Å². The summed E-state index contributed by atoms with van der Waals surface area (Å²) < 4.78 is 10.4. The van der Waals surface area contributed by atoms with Crippen LogP contribution in [0.5, 0.6) is 0 Å². The first-order chi connectivity index (χ1) is 10.7. The van der Waals surface area contributed by atoms with Gasteiger partial charge in [-0.2, -0.15) is 4.98 Å². The molecule has 23 heavy (non-hydrogen) atoms. The second kappa shape index (κ2) is 7.61. The van der Waals surface area contributed by atoms with Crippen LogP contribution in [0.4, 0.5) is 0 Å². The Morgan fingerprint density at radius 1 is 1.52 bits per heavy atom. The first kappa shape index (κ1) is 17.5. The lowest BCUT2D eigenvalue weighted by atomic mass is 10.1. The smallest absolute Gasteiger partial charge is 0.238 e. The number of hydrogen-bond donors (Lipinski definition) is 1. The first-order valence-corrected chi connectivity index (χ1v) is 7.53. The summed E-state index contributed by atoms with van der Waals surface area (Å²) in [6.07, 6.45) is 3.33. The van der Waals surface area contributed by atoms with Crippen molar-refractivity contribution in [2.45, 2.75) is 32.2 Å². The van der Waals surface area contributed by atoms with Crippen molar-refractivity contribution < 1.29 is 13.7 Å². The van der Waals surface area contributed by atoms with Gasteiger partial charge >= 0.3 is 0 Å². The van der Waals surface area contributed by atoms with Gasteiger partial charge in [0.05, 0.1) is 6.26 Å². The molecule has 2 unspecified atom stereocenters. The molecule has 0 radical (unpaired) electrons. The average molecular weight is 341 g/mol. The third-order valence-electron chi connectivity index (χ3n) is 4.08. The Bertz CT molecular complexity index is 628. The molecule has 2 N–H and O–H groups in total. The number of halogens is 1. The molecular formula is C15H21ClN4O3. The van der Waals surface area contributed by atoms with E-state index in [1.807, 2.05) is 4.90 Å². The minimum Gasteiger partial charge on any atom is -0.461 e. The van der Waals surface area contributed by atoms with Crippen molar-refractivity contribution in [1.29, 1.82) is 0 Å². The summed E-state index contributed by atoms with van der Waals surface area (Å²) in [5.74, 6) is 1.93. The van der Waals surface area contributed by atoms with E-state index >= 15 is 0 Å². The van der Waals surface area contributed by atoms with Gasteiger partial charge in [0.15, 0.2) is 5.76 Å². The van der Waals surface area contributed by atoms with Crippen molar-refractivity contribution in [3.05, 3.63) is 24.3 Å². The molecule has 0 bridgehead atoms. The van der Waals surface area contributed by atoms with Crippen LogP contribution in [0, 0.1) is 5.92 Å².